The number of amides is 1. The largest absolute Gasteiger partial charge is 0.497 e. The number of benzene rings is 1. The summed E-state index contributed by atoms with van der Waals surface area (Å²) in [5.74, 6) is 0.983. The SMILES string of the molecule is COc1cccc(/C=C/C(=O)OCC(=O)N[C@H]2CCC[C@@H](C)[C@H]2C)c1. The number of nitrogens with one attached hydrogen (secondary N) is 1. The van der Waals surface area contributed by atoms with E-state index in [9.17, 15) is 9.59 Å². The summed E-state index contributed by atoms with van der Waals surface area (Å²) in [6.07, 6.45) is 6.26. The zero-order valence-corrected chi connectivity index (χ0v) is 15.2. The highest BCUT2D eigenvalue weighted by molar-refractivity contribution is 5.89. The van der Waals surface area contributed by atoms with Crippen LogP contribution < -0.4 is 10.1 Å². The fourth-order valence-corrected chi connectivity index (χ4v) is 3.13. The van der Waals surface area contributed by atoms with Gasteiger partial charge < -0.3 is 14.8 Å². The van der Waals surface area contributed by atoms with E-state index in [0.717, 1.165) is 18.4 Å². The summed E-state index contributed by atoms with van der Waals surface area (Å²) >= 11 is 0. The van der Waals surface area contributed by atoms with Gasteiger partial charge in [-0.05, 0) is 42.0 Å². The molecule has 0 radical (unpaired) electrons. The summed E-state index contributed by atoms with van der Waals surface area (Å²) in [6.45, 7) is 4.13. The zero-order valence-electron chi connectivity index (χ0n) is 15.2. The molecular formula is C20H27NO4. The van der Waals surface area contributed by atoms with E-state index in [-0.39, 0.29) is 18.6 Å². The van der Waals surface area contributed by atoms with Crippen molar-refractivity contribution in [1.29, 1.82) is 0 Å². The van der Waals surface area contributed by atoms with Gasteiger partial charge in [0, 0.05) is 12.1 Å². The maximum Gasteiger partial charge on any atom is 0.331 e. The highest BCUT2D eigenvalue weighted by Gasteiger charge is 2.28. The van der Waals surface area contributed by atoms with Gasteiger partial charge in [-0.2, -0.15) is 0 Å². The number of carbonyl (C=O) groups excluding carboxylic acids is 2. The van der Waals surface area contributed by atoms with Crippen molar-refractivity contribution in [3.63, 3.8) is 0 Å². The minimum atomic E-state index is -0.539. The molecule has 1 saturated carbocycles. The van der Waals surface area contributed by atoms with E-state index in [2.05, 4.69) is 19.2 Å². The van der Waals surface area contributed by atoms with Crippen molar-refractivity contribution >= 4 is 18.0 Å². The van der Waals surface area contributed by atoms with Gasteiger partial charge in [-0.25, -0.2) is 4.79 Å². The molecule has 3 atom stereocenters. The average Bonchev–Trinajstić information content (AvgIpc) is 2.62. The van der Waals surface area contributed by atoms with Crippen LogP contribution in [-0.4, -0.2) is 31.6 Å². The Kier molecular flexibility index (Phi) is 7.04. The number of carbonyl (C=O) groups is 2. The summed E-state index contributed by atoms with van der Waals surface area (Å²) in [5.41, 5.74) is 0.825. The lowest BCUT2D eigenvalue weighted by atomic mass is 9.78. The van der Waals surface area contributed by atoms with Crippen molar-refractivity contribution in [1.82, 2.24) is 5.32 Å². The molecule has 1 aliphatic rings. The van der Waals surface area contributed by atoms with E-state index in [1.54, 1.807) is 13.2 Å². The van der Waals surface area contributed by atoms with E-state index < -0.39 is 5.97 Å². The molecule has 0 unspecified atom stereocenters. The van der Waals surface area contributed by atoms with Crippen LogP contribution in [0.15, 0.2) is 30.3 Å². The maximum atomic E-state index is 12.0. The van der Waals surface area contributed by atoms with E-state index in [0.29, 0.717) is 17.6 Å². The van der Waals surface area contributed by atoms with Gasteiger partial charge >= 0.3 is 5.97 Å². The molecule has 1 fully saturated rings. The minimum absolute atomic E-state index is 0.169. The Morgan fingerprint density at radius 2 is 2.08 bits per heavy atom. The summed E-state index contributed by atoms with van der Waals surface area (Å²) in [5, 5.41) is 2.99. The van der Waals surface area contributed by atoms with Gasteiger partial charge in [-0.15, -0.1) is 0 Å². The highest BCUT2D eigenvalue weighted by Crippen LogP contribution is 2.29. The molecule has 1 aromatic carbocycles. The van der Waals surface area contributed by atoms with Crippen LogP contribution in [0.1, 0.15) is 38.7 Å². The first-order chi connectivity index (χ1) is 12.0. The van der Waals surface area contributed by atoms with Gasteiger partial charge in [0.15, 0.2) is 6.61 Å². The van der Waals surface area contributed by atoms with Crippen molar-refractivity contribution in [2.24, 2.45) is 11.8 Å². The van der Waals surface area contributed by atoms with Crippen molar-refractivity contribution in [2.45, 2.75) is 39.2 Å². The lowest BCUT2D eigenvalue weighted by molar-refractivity contribution is -0.144. The first-order valence-electron chi connectivity index (χ1n) is 8.78. The first kappa shape index (κ1) is 19.0. The molecular weight excluding hydrogens is 318 g/mol. The van der Waals surface area contributed by atoms with Crippen molar-refractivity contribution in [3.8, 4) is 5.75 Å². The van der Waals surface area contributed by atoms with Crippen molar-refractivity contribution < 1.29 is 19.1 Å². The predicted octanol–water partition coefficient (Wildman–Crippen LogP) is 3.19. The van der Waals surface area contributed by atoms with Crippen LogP contribution in [0, 0.1) is 11.8 Å². The molecule has 0 saturated heterocycles. The Hall–Kier alpha value is -2.30. The molecule has 1 amide bonds. The van der Waals surface area contributed by atoms with E-state index in [1.807, 2.05) is 24.3 Å². The first-order valence-corrected chi connectivity index (χ1v) is 8.78. The number of methoxy groups -OCH3 is 1. The topological polar surface area (TPSA) is 64.6 Å². The second kappa shape index (κ2) is 9.25. The molecule has 0 aliphatic heterocycles. The maximum absolute atomic E-state index is 12.0. The molecule has 25 heavy (non-hydrogen) atoms. The number of esters is 1. The summed E-state index contributed by atoms with van der Waals surface area (Å²) in [4.78, 5) is 23.8. The lowest BCUT2D eigenvalue weighted by Crippen LogP contribution is -2.45. The molecule has 1 aliphatic carbocycles. The minimum Gasteiger partial charge on any atom is -0.497 e. The van der Waals surface area contributed by atoms with Crippen LogP contribution in [-0.2, 0) is 14.3 Å². The molecule has 1 aromatic rings. The van der Waals surface area contributed by atoms with Crippen LogP contribution in [0.5, 0.6) is 5.75 Å². The van der Waals surface area contributed by atoms with Crippen LogP contribution in [0.2, 0.25) is 0 Å². The van der Waals surface area contributed by atoms with Crippen LogP contribution in [0.4, 0.5) is 0 Å². The molecule has 0 bridgehead atoms. The fraction of sp³-hybridized carbons (Fsp3) is 0.500. The predicted molar refractivity (Wildman–Crippen MR) is 97.1 cm³/mol. The molecule has 0 aromatic heterocycles. The van der Waals surface area contributed by atoms with Gasteiger partial charge in [0.05, 0.1) is 7.11 Å². The van der Waals surface area contributed by atoms with Gasteiger partial charge in [0.1, 0.15) is 5.75 Å². The number of rotatable bonds is 6. The molecule has 5 nitrogen and oxygen atoms in total. The highest BCUT2D eigenvalue weighted by atomic mass is 16.5. The molecule has 136 valence electrons. The molecule has 1 N–H and O–H groups in total. The molecule has 5 heteroatoms. The number of ether oxygens (including phenoxy) is 2. The smallest absolute Gasteiger partial charge is 0.331 e. The molecule has 2 rings (SSSR count). The Labute approximate surface area is 149 Å². The van der Waals surface area contributed by atoms with Crippen LogP contribution >= 0.6 is 0 Å². The Bertz CT molecular complexity index is 626. The van der Waals surface area contributed by atoms with Crippen LogP contribution in [0.25, 0.3) is 6.08 Å². The van der Waals surface area contributed by atoms with Gasteiger partial charge in [-0.1, -0.05) is 38.8 Å². The van der Waals surface area contributed by atoms with E-state index in [1.165, 1.54) is 12.5 Å². The van der Waals surface area contributed by atoms with Gasteiger partial charge in [0.25, 0.3) is 5.91 Å². The summed E-state index contributed by atoms with van der Waals surface area (Å²) in [6, 6.07) is 7.49. The summed E-state index contributed by atoms with van der Waals surface area (Å²) in [7, 11) is 1.59. The molecule has 0 heterocycles. The summed E-state index contributed by atoms with van der Waals surface area (Å²) < 4.78 is 10.1. The van der Waals surface area contributed by atoms with Gasteiger partial charge in [0.2, 0.25) is 0 Å². The Morgan fingerprint density at radius 1 is 1.28 bits per heavy atom. The number of hydrogen-bond donors (Lipinski definition) is 1. The lowest BCUT2D eigenvalue weighted by Gasteiger charge is -2.34. The normalized spacial score (nSPS) is 23.2. The van der Waals surface area contributed by atoms with Crippen molar-refractivity contribution in [2.75, 3.05) is 13.7 Å². The molecule has 0 spiro atoms. The third-order valence-corrected chi connectivity index (χ3v) is 4.90. The fourth-order valence-electron chi connectivity index (χ4n) is 3.13. The van der Waals surface area contributed by atoms with Crippen LogP contribution in [0.3, 0.4) is 0 Å². The average molecular weight is 345 g/mol. The quantitative estimate of drug-likeness (QED) is 0.635. The third kappa shape index (κ3) is 5.93. The number of hydrogen-bond acceptors (Lipinski definition) is 4. The second-order valence-electron chi connectivity index (χ2n) is 6.66. The van der Waals surface area contributed by atoms with Gasteiger partial charge in [-0.3, -0.25) is 4.79 Å². The standard InChI is InChI=1S/C20H27NO4/c1-14-6-4-9-18(15(14)2)21-19(22)13-25-20(23)11-10-16-7-5-8-17(12-16)24-3/h5,7-8,10-12,14-15,18H,4,6,9,13H2,1-3H3,(H,21,22)/b11-10+/t14-,15-,18+/m1/s1. The Balaban J connectivity index is 1.77. The van der Waals surface area contributed by atoms with Crippen molar-refractivity contribution in [3.05, 3.63) is 35.9 Å². The zero-order chi connectivity index (χ0) is 18.2. The third-order valence-electron chi connectivity index (χ3n) is 4.90. The van der Waals surface area contributed by atoms with E-state index >= 15 is 0 Å². The second-order valence-corrected chi connectivity index (χ2v) is 6.66. The monoisotopic (exact) mass is 345 g/mol. The van der Waals surface area contributed by atoms with E-state index in [4.69, 9.17) is 9.47 Å². The Morgan fingerprint density at radius 3 is 2.84 bits per heavy atom.